The van der Waals surface area contributed by atoms with Crippen molar-refractivity contribution in [2.75, 3.05) is 12.3 Å². The molecule has 4 heteroatoms. The first kappa shape index (κ1) is 17.2. The molecule has 2 atom stereocenters. The molecule has 0 saturated carbocycles. The molecule has 2 unspecified atom stereocenters. The summed E-state index contributed by atoms with van der Waals surface area (Å²) < 4.78 is 23.6. The highest BCUT2D eigenvalue weighted by Gasteiger charge is 2.18. The molecule has 1 aromatic carbocycles. The van der Waals surface area contributed by atoms with E-state index in [1.165, 1.54) is 5.56 Å². The second kappa shape index (κ2) is 7.79. The van der Waals surface area contributed by atoms with Gasteiger partial charge in [-0.15, -0.1) is 0 Å². The second-order valence-corrected chi connectivity index (χ2v) is 7.51. The molecule has 1 rings (SSSR count). The van der Waals surface area contributed by atoms with Gasteiger partial charge < -0.3 is 5.32 Å². The summed E-state index contributed by atoms with van der Waals surface area (Å²) in [6.07, 6.45) is 2.16. The Labute approximate surface area is 123 Å². The molecule has 0 aliphatic carbocycles. The van der Waals surface area contributed by atoms with Crippen LogP contribution in [0.5, 0.6) is 0 Å². The van der Waals surface area contributed by atoms with Crippen LogP contribution in [-0.4, -0.2) is 26.8 Å². The van der Waals surface area contributed by atoms with Crippen LogP contribution < -0.4 is 5.32 Å². The molecule has 0 aliphatic rings. The van der Waals surface area contributed by atoms with Crippen molar-refractivity contribution >= 4 is 9.84 Å². The first-order valence-electron chi connectivity index (χ1n) is 7.52. The van der Waals surface area contributed by atoms with Crippen molar-refractivity contribution in [3.05, 3.63) is 29.8 Å². The van der Waals surface area contributed by atoms with Crippen molar-refractivity contribution in [1.29, 1.82) is 0 Å². The Morgan fingerprint density at radius 3 is 2.15 bits per heavy atom. The first-order valence-corrected chi connectivity index (χ1v) is 9.17. The standard InChI is InChI=1S/C16H27NO2S/c1-5-12-17-13(4)16(6-2)14-8-10-15(11-9-14)20(18,19)7-3/h8-11,13,16-17H,5-7,12H2,1-4H3. The lowest BCUT2D eigenvalue weighted by Gasteiger charge is -2.24. The molecule has 0 bridgehead atoms. The average Bonchev–Trinajstić information content (AvgIpc) is 2.46. The van der Waals surface area contributed by atoms with Gasteiger partial charge in [-0.3, -0.25) is 0 Å². The van der Waals surface area contributed by atoms with E-state index < -0.39 is 9.84 Å². The largest absolute Gasteiger partial charge is 0.314 e. The molecule has 114 valence electrons. The Bertz CT molecular complexity index is 494. The molecule has 0 spiro atoms. The molecule has 0 aromatic heterocycles. The van der Waals surface area contributed by atoms with Gasteiger partial charge in [0.15, 0.2) is 9.84 Å². The predicted molar refractivity (Wildman–Crippen MR) is 85.0 cm³/mol. The van der Waals surface area contributed by atoms with E-state index in [-0.39, 0.29) is 5.75 Å². The number of benzene rings is 1. The Morgan fingerprint density at radius 2 is 1.70 bits per heavy atom. The predicted octanol–water partition coefficient (Wildman–Crippen LogP) is 3.36. The highest BCUT2D eigenvalue weighted by molar-refractivity contribution is 7.91. The summed E-state index contributed by atoms with van der Waals surface area (Å²) in [5, 5.41) is 3.52. The fourth-order valence-electron chi connectivity index (χ4n) is 2.48. The van der Waals surface area contributed by atoms with Crippen LogP contribution in [-0.2, 0) is 9.84 Å². The molecule has 1 N–H and O–H groups in total. The Hall–Kier alpha value is -0.870. The minimum absolute atomic E-state index is 0.151. The van der Waals surface area contributed by atoms with E-state index in [1.54, 1.807) is 19.1 Å². The zero-order valence-electron chi connectivity index (χ0n) is 13.0. The van der Waals surface area contributed by atoms with E-state index >= 15 is 0 Å². The molecular weight excluding hydrogens is 270 g/mol. The van der Waals surface area contributed by atoms with Gasteiger partial charge >= 0.3 is 0 Å². The van der Waals surface area contributed by atoms with E-state index in [0.29, 0.717) is 16.9 Å². The maximum absolute atomic E-state index is 11.8. The minimum Gasteiger partial charge on any atom is -0.314 e. The third kappa shape index (κ3) is 4.32. The topological polar surface area (TPSA) is 46.2 Å². The zero-order chi connectivity index (χ0) is 15.2. The third-order valence-electron chi connectivity index (χ3n) is 3.81. The van der Waals surface area contributed by atoms with Gasteiger partial charge in [0.25, 0.3) is 0 Å². The van der Waals surface area contributed by atoms with Crippen LogP contribution >= 0.6 is 0 Å². The van der Waals surface area contributed by atoms with E-state index in [9.17, 15) is 8.42 Å². The number of sulfone groups is 1. The Kier molecular flexibility index (Phi) is 6.69. The summed E-state index contributed by atoms with van der Waals surface area (Å²) in [6.45, 7) is 9.21. The molecule has 0 amide bonds. The van der Waals surface area contributed by atoms with Gasteiger partial charge in [-0.2, -0.15) is 0 Å². The van der Waals surface area contributed by atoms with Crippen LogP contribution in [0.2, 0.25) is 0 Å². The summed E-state index contributed by atoms with van der Waals surface area (Å²) in [4.78, 5) is 0.424. The fourth-order valence-corrected chi connectivity index (χ4v) is 3.37. The number of hydrogen-bond donors (Lipinski definition) is 1. The van der Waals surface area contributed by atoms with Crippen molar-refractivity contribution in [3.8, 4) is 0 Å². The van der Waals surface area contributed by atoms with Gasteiger partial charge in [-0.05, 0) is 49.9 Å². The molecule has 0 aliphatic heterocycles. The van der Waals surface area contributed by atoms with E-state index in [2.05, 4.69) is 26.1 Å². The number of nitrogens with one attached hydrogen (secondary N) is 1. The molecule has 0 fully saturated rings. The zero-order valence-corrected chi connectivity index (χ0v) is 13.8. The van der Waals surface area contributed by atoms with Crippen LogP contribution in [0.1, 0.15) is 52.0 Å². The first-order chi connectivity index (χ1) is 9.46. The highest BCUT2D eigenvalue weighted by Crippen LogP contribution is 2.25. The summed E-state index contributed by atoms with van der Waals surface area (Å²) >= 11 is 0. The van der Waals surface area contributed by atoms with Gasteiger partial charge in [0, 0.05) is 6.04 Å². The summed E-state index contributed by atoms with van der Waals surface area (Å²) in [6, 6.07) is 7.79. The maximum Gasteiger partial charge on any atom is 0.178 e. The molecule has 1 aromatic rings. The lowest BCUT2D eigenvalue weighted by molar-refractivity contribution is 0.450. The van der Waals surface area contributed by atoms with E-state index in [4.69, 9.17) is 0 Å². The van der Waals surface area contributed by atoms with Crippen molar-refractivity contribution in [2.45, 2.75) is 57.4 Å². The van der Waals surface area contributed by atoms with Crippen molar-refractivity contribution < 1.29 is 8.42 Å². The third-order valence-corrected chi connectivity index (χ3v) is 5.56. The van der Waals surface area contributed by atoms with Gasteiger partial charge in [0.1, 0.15) is 0 Å². The smallest absolute Gasteiger partial charge is 0.178 e. The van der Waals surface area contributed by atoms with Crippen LogP contribution in [0, 0.1) is 0 Å². The maximum atomic E-state index is 11.8. The van der Waals surface area contributed by atoms with Gasteiger partial charge in [0.2, 0.25) is 0 Å². The summed E-state index contributed by atoms with van der Waals surface area (Å²) in [5.74, 6) is 0.567. The second-order valence-electron chi connectivity index (χ2n) is 5.23. The van der Waals surface area contributed by atoms with Crippen LogP contribution in [0.4, 0.5) is 0 Å². The number of rotatable bonds is 8. The Morgan fingerprint density at radius 1 is 1.10 bits per heavy atom. The quantitative estimate of drug-likeness (QED) is 0.800. The monoisotopic (exact) mass is 297 g/mol. The fraction of sp³-hybridized carbons (Fsp3) is 0.625. The van der Waals surface area contributed by atoms with Gasteiger partial charge in [-0.1, -0.05) is 32.9 Å². The molecule has 0 saturated heterocycles. The average molecular weight is 297 g/mol. The van der Waals surface area contributed by atoms with E-state index in [0.717, 1.165) is 19.4 Å². The Balaban J connectivity index is 2.90. The van der Waals surface area contributed by atoms with Crippen molar-refractivity contribution in [3.63, 3.8) is 0 Å². The lowest BCUT2D eigenvalue weighted by Crippen LogP contribution is -2.32. The lowest BCUT2D eigenvalue weighted by atomic mass is 9.90. The van der Waals surface area contributed by atoms with Crippen molar-refractivity contribution in [1.82, 2.24) is 5.32 Å². The van der Waals surface area contributed by atoms with Crippen LogP contribution in [0.25, 0.3) is 0 Å². The summed E-state index contributed by atoms with van der Waals surface area (Å²) in [5.41, 5.74) is 1.21. The minimum atomic E-state index is -3.10. The van der Waals surface area contributed by atoms with Gasteiger partial charge in [-0.25, -0.2) is 8.42 Å². The molecule has 0 heterocycles. The van der Waals surface area contributed by atoms with Crippen molar-refractivity contribution in [2.24, 2.45) is 0 Å². The number of hydrogen-bond acceptors (Lipinski definition) is 3. The van der Waals surface area contributed by atoms with Crippen LogP contribution in [0.3, 0.4) is 0 Å². The SMILES string of the molecule is CCCNC(C)C(CC)c1ccc(S(=O)(=O)CC)cc1. The van der Waals surface area contributed by atoms with E-state index in [1.807, 2.05) is 12.1 Å². The summed E-state index contributed by atoms with van der Waals surface area (Å²) in [7, 11) is -3.10. The highest BCUT2D eigenvalue weighted by atomic mass is 32.2. The molecular formula is C16H27NO2S. The van der Waals surface area contributed by atoms with Gasteiger partial charge in [0.05, 0.1) is 10.6 Å². The van der Waals surface area contributed by atoms with Crippen LogP contribution in [0.15, 0.2) is 29.2 Å². The molecule has 3 nitrogen and oxygen atoms in total. The molecule has 20 heavy (non-hydrogen) atoms. The normalized spacial score (nSPS) is 15.0. The molecule has 0 radical (unpaired) electrons.